The number of rotatable bonds is 0. The first-order valence-corrected chi connectivity index (χ1v) is 4.53. The normalized spacial score (nSPS) is 15.8. The second-order valence-electron chi connectivity index (χ2n) is 3.13. The topological polar surface area (TPSA) is 20.3 Å². The summed E-state index contributed by atoms with van der Waals surface area (Å²) in [5.74, 6) is 0.126. The molecule has 1 aliphatic heterocycles. The van der Waals surface area contributed by atoms with Crippen LogP contribution in [0.4, 0.5) is 5.69 Å². The van der Waals surface area contributed by atoms with Crippen LogP contribution in [0.15, 0.2) is 12.1 Å². The molecule has 1 amide bonds. The Morgan fingerprint density at radius 1 is 1.46 bits per heavy atom. The number of halogens is 1. The van der Waals surface area contributed by atoms with E-state index in [0.29, 0.717) is 11.4 Å². The SMILES string of the molecule is CN1C(=O)CCc2c[c]cc(Cl)c21. The Labute approximate surface area is 82.1 Å². The van der Waals surface area contributed by atoms with Gasteiger partial charge in [-0.25, -0.2) is 0 Å². The predicted octanol–water partition coefficient (Wildman–Crippen LogP) is 2.05. The summed E-state index contributed by atoms with van der Waals surface area (Å²) >= 11 is 5.98. The van der Waals surface area contributed by atoms with E-state index in [1.807, 2.05) is 6.07 Å². The Hall–Kier alpha value is -1.02. The number of carbonyl (C=O) groups is 1. The molecule has 0 aromatic heterocycles. The Balaban J connectivity index is 2.57. The first-order chi connectivity index (χ1) is 6.20. The van der Waals surface area contributed by atoms with Crippen LogP contribution in [0.2, 0.25) is 5.02 Å². The summed E-state index contributed by atoms with van der Waals surface area (Å²) in [6.45, 7) is 0. The molecule has 2 nitrogen and oxygen atoms in total. The smallest absolute Gasteiger partial charge is 0.227 e. The summed E-state index contributed by atoms with van der Waals surface area (Å²) in [6.07, 6.45) is 1.34. The fourth-order valence-electron chi connectivity index (χ4n) is 1.61. The maximum Gasteiger partial charge on any atom is 0.227 e. The van der Waals surface area contributed by atoms with Gasteiger partial charge in [0, 0.05) is 13.5 Å². The molecule has 1 aromatic rings. The maximum absolute atomic E-state index is 11.4. The molecule has 0 aliphatic carbocycles. The molecule has 1 aromatic carbocycles. The Morgan fingerprint density at radius 3 is 3.00 bits per heavy atom. The minimum Gasteiger partial charge on any atom is -0.314 e. The molecule has 13 heavy (non-hydrogen) atoms. The lowest BCUT2D eigenvalue weighted by atomic mass is 10.0. The standard InChI is InChI=1S/C10H9ClNO/c1-12-9(13)6-5-7-3-2-4-8(11)10(7)12/h3-4H,5-6H2,1H3. The van der Waals surface area contributed by atoms with Crippen LogP contribution in [0.3, 0.4) is 0 Å². The number of fused-ring (bicyclic) bond motifs is 1. The molecule has 0 atom stereocenters. The number of hydrogen-bond donors (Lipinski definition) is 0. The third-order valence-electron chi connectivity index (χ3n) is 2.32. The van der Waals surface area contributed by atoms with E-state index in [-0.39, 0.29) is 5.91 Å². The average Bonchev–Trinajstić information content (AvgIpc) is 2.12. The van der Waals surface area contributed by atoms with Gasteiger partial charge in [-0.1, -0.05) is 11.6 Å². The zero-order valence-corrected chi connectivity index (χ0v) is 8.06. The van der Waals surface area contributed by atoms with Gasteiger partial charge in [0.05, 0.1) is 10.7 Å². The Kier molecular flexibility index (Phi) is 2.00. The summed E-state index contributed by atoms with van der Waals surface area (Å²) in [5.41, 5.74) is 1.95. The fourth-order valence-corrected chi connectivity index (χ4v) is 1.92. The molecular formula is C10H9ClNO. The van der Waals surface area contributed by atoms with Gasteiger partial charge in [0.2, 0.25) is 5.91 Å². The van der Waals surface area contributed by atoms with Gasteiger partial charge in [0.15, 0.2) is 0 Å². The monoisotopic (exact) mass is 194 g/mol. The van der Waals surface area contributed by atoms with Gasteiger partial charge in [-0.3, -0.25) is 4.79 Å². The van der Waals surface area contributed by atoms with E-state index in [0.717, 1.165) is 17.7 Å². The van der Waals surface area contributed by atoms with Crippen LogP contribution >= 0.6 is 11.6 Å². The molecule has 0 bridgehead atoms. The van der Waals surface area contributed by atoms with Gasteiger partial charge in [-0.05, 0) is 30.2 Å². The average molecular weight is 195 g/mol. The van der Waals surface area contributed by atoms with Gasteiger partial charge in [0.25, 0.3) is 0 Å². The summed E-state index contributed by atoms with van der Waals surface area (Å²) < 4.78 is 0. The highest BCUT2D eigenvalue weighted by Gasteiger charge is 2.22. The molecule has 1 radical (unpaired) electrons. The van der Waals surface area contributed by atoms with E-state index in [1.54, 1.807) is 18.0 Å². The molecule has 0 fully saturated rings. The third-order valence-corrected chi connectivity index (χ3v) is 2.60. The molecule has 2 rings (SSSR count). The molecular weight excluding hydrogens is 186 g/mol. The Bertz CT molecular complexity index is 362. The van der Waals surface area contributed by atoms with Crippen molar-refractivity contribution in [1.29, 1.82) is 0 Å². The lowest BCUT2D eigenvalue weighted by Gasteiger charge is -2.26. The molecule has 1 aliphatic rings. The van der Waals surface area contributed by atoms with Gasteiger partial charge >= 0.3 is 0 Å². The zero-order chi connectivity index (χ0) is 9.42. The number of aryl methyl sites for hydroxylation is 1. The summed E-state index contributed by atoms with van der Waals surface area (Å²) in [7, 11) is 1.76. The summed E-state index contributed by atoms with van der Waals surface area (Å²) in [5, 5.41) is 0.605. The molecule has 67 valence electrons. The van der Waals surface area contributed by atoms with Crippen molar-refractivity contribution >= 4 is 23.2 Å². The predicted molar refractivity (Wildman–Crippen MR) is 52.0 cm³/mol. The number of hydrogen-bond acceptors (Lipinski definition) is 1. The fraction of sp³-hybridized carbons (Fsp3) is 0.300. The number of amides is 1. The van der Waals surface area contributed by atoms with Crippen molar-refractivity contribution in [3.63, 3.8) is 0 Å². The second-order valence-corrected chi connectivity index (χ2v) is 3.54. The lowest BCUT2D eigenvalue weighted by molar-refractivity contribution is -0.118. The van der Waals surface area contributed by atoms with E-state index in [1.165, 1.54) is 0 Å². The number of nitrogens with zero attached hydrogens (tertiary/aromatic N) is 1. The molecule has 0 saturated heterocycles. The minimum atomic E-state index is 0.126. The summed E-state index contributed by atoms with van der Waals surface area (Å²) in [6, 6.07) is 6.54. The highest BCUT2D eigenvalue weighted by atomic mass is 35.5. The highest BCUT2D eigenvalue weighted by molar-refractivity contribution is 6.34. The quantitative estimate of drug-likeness (QED) is 0.619. The van der Waals surface area contributed by atoms with Crippen LogP contribution < -0.4 is 4.90 Å². The van der Waals surface area contributed by atoms with Crippen molar-refractivity contribution < 1.29 is 4.79 Å². The first-order valence-electron chi connectivity index (χ1n) is 4.15. The van der Waals surface area contributed by atoms with Crippen molar-refractivity contribution in [1.82, 2.24) is 0 Å². The van der Waals surface area contributed by atoms with E-state index >= 15 is 0 Å². The first kappa shape index (κ1) is 8.57. The Morgan fingerprint density at radius 2 is 2.23 bits per heavy atom. The van der Waals surface area contributed by atoms with E-state index in [4.69, 9.17) is 11.6 Å². The van der Waals surface area contributed by atoms with Crippen LogP contribution in [0.25, 0.3) is 0 Å². The minimum absolute atomic E-state index is 0.126. The van der Waals surface area contributed by atoms with Crippen LogP contribution in [-0.4, -0.2) is 13.0 Å². The van der Waals surface area contributed by atoms with E-state index < -0.39 is 0 Å². The zero-order valence-electron chi connectivity index (χ0n) is 7.30. The van der Waals surface area contributed by atoms with Crippen LogP contribution in [-0.2, 0) is 11.2 Å². The molecule has 0 spiro atoms. The number of anilines is 1. The van der Waals surface area contributed by atoms with Crippen LogP contribution in [0, 0.1) is 6.07 Å². The van der Waals surface area contributed by atoms with Gasteiger partial charge in [-0.2, -0.15) is 0 Å². The second kappa shape index (κ2) is 3.04. The number of carbonyl (C=O) groups excluding carboxylic acids is 1. The van der Waals surface area contributed by atoms with Gasteiger partial charge in [-0.15, -0.1) is 0 Å². The molecule has 1 heterocycles. The highest BCUT2D eigenvalue weighted by Crippen LogP contribution is 2.33. The van der Waals surface area contributed by atoms with Crippen LogP contribution in [0.5, 0.6) is 0 Å². The molecule has 0 unspecified atom stereocenters. The van der Waals surface area contributed by atoms with Crippen molar-refractivity contribution in [2.75, 3.05) is 11.9 Å². The number of benzene rings is 1. The van der Waals surface area contributed by atoms with Crippen molar-refractivity contribution in [3.8, 4) is 0 Å². The van der Waals surface area contributed by atoms with Crippen LogP contribution in [0.1, 0.15) is 12.0 Å². The lowest BCUT2D eigenvalue weighted by Crippen LogP contribution is -2.31. The van der Waals surface area contributed by atoms with Crippen molar-refractivity contribution in [2.45, 2.75) is 12.8 Å². The van der Waals surface area contributed by atoms with E-state index in [2.05, 4.69) is 6.07 Å². The largest absolute Gasteiger partial charge is 0.314 e. The van der Waals surface area contributed by atoms with Gasteiger partial charge in [0.1, 0.15) is 0 Å². The van der Waals surface area contributed by atoms with Crippen molar-refractivity contribution in [3.05, 3.63) is 28.8 Å². The molecule has 0 saturated carbocycles. The molecule has 0 N–H and O–H groups in total. The van der Waals surface area contributed by atoms with E-state index in [9.17, 15) is 4.79 Å². The van der Waals surface area contributed by atoms with Crippen molar-refractivity contribution in [2.24, 2.45) is 0 Å². The maximum atomic E-state index is 11.4. The third kappa shape index (κ3) is 1.31. The molecule has 3 heteroatoms. The van der Waals surface area contributed by atoms with Gasteiger partial charge < -0.3 is 4.90 Å². The summed E-state index contributed by atoms with van der Waals surface area (Å²) in [4.78, 5) is 13.0.